The van der Waals surface area contributed by atoms with E-state index in [2.05, 4.69) is 31.1 Å². The molecule has 0 aliphatic rings. The second-order valence-electron chi connectivity index (χ2n) is 12.9. The summed E-state index contributed by atoms with van der Waals surface area (Å²) in [5.74, 6) is -5.31. The monoisotopic (exact) mass is 950 g/mol. The molecule has 2 atom stereocenters. The number of nitro benzene ring substituents is 2. The van der Waals surface area contributed by atoms with Gasteiger partial charge in [-0.3, -0.25) is 39.4 Å². The fraction of sp³-hybridized carbons (Fsp3) is 0.100. The van der Waals surface area contributed by atoms with Crippen LogP contribution in [-0.4, -0.2) is 57.2 Å². The number of halogens is 4. The van der Waals surface area contributed by atoms with Crippen molar-refractivity contribution in [3.8, 4) is 11.5 Å². The summed E-state index contributed by atoms with van der Waals surface area (Å²) in [6, 6.07) is 15.8. The van der Waals surface area contributed by atoms with Gasteiger partial charge >= 0.3 is 11.9 Å². The lowest BCUT2D eigenvalue weighted by Gasteiger charge is -2.15. The number of ketones is 2. The summed E-state index contributed by atoms with van der Waals surface area (Å²) in [5.41, 5.74) is -1.07. The number of carbonyl (C=O) groups is 6. The summed E-state index contributed by atoms with van der Waals surface area (Å²) in [6.45, 7) is 2.12. The van der Waals surface area contributed by atoms with Gasteiger partial charge in [0.1, 0.15) is 22.9 Å². The molecule has 24 heteroatoms. The standard InChI is InChI=1S/C40H26Cl4N8O12/c1-19(53)35(49-47-33-15-21(3-13-27(33)41)39(57)63-25-9-5-23(6-10-25)51(59)60)37(55)45-31-17-30(44)32(18-29(31)43)46-38(56)36(20(2)54)50-48-34-16-22(4-14-28(34)42)40(58)64-26-11-7-24(8-12-26)52(61)62/h3-18,35-36H,1-2H3,(H,45,55)(H,46,56). The topological polar surface area (TPSA) is 281 Å². The van der Waals surface area contributed by atoms with Crippen LogP contribution in [0.5, 0.6) is 11.5 Å². The fourth-order valence-corrected chi connectivity index (χ4v) is 5.79. The van der Waals surface area contributed by atoms with E-state index in [9.17, 15) is 49.0 Å². The van der Waals surface area contributed by atoms with E-state index in [1.54, 1.807) is 0 Å². The van der Waals surface area contributed by atoms with Crippen molar-refractivity contribution in [2.45, 2.75) is 25.9 Å². The van der Waals surface area contributed by atoms with Crippen LogP contribution in [0.3, 0.4) is 0 Å². The van der Waals surface area contributed by atoms with E-state index in [4.69, 9.17) is 55.9 Å². The van der Waals surface area contributed by atoms with Gasteiger partial charge < -0.3 is 20.1 Å². The molecule has 0 saturated heterocycles. The van der Waals surface area contributed by atoms with Gasteiger partial charge in [0, 0.05) is 24.3 Å². The van der Waals surface area contributed by atoms with Gasteiger partial charge in [0.15, 0.2) is 11.6 Å². The normalized spacial score (nSPS) is 12.0. The van der Waals surface area contributed by atoms with Crippen molar-refractivity contribution in [1.29, 1.82) is 0 Å². The van der Waals surface area contributed by atoms with Crippen molar-refractivity contribution >= 4 is 116 Å². The van der Waals surface area contributed by atoms with E-state index in [0.29, 0.717) is 0 Å². The Bertz CT molecular complexity index is 2600. The van der Waals surface area contributed by atoms with Crippen LogP contribution in [0.25, 0.3) is 0 Å². The molecule has 5 rings (SSSR count). The maximum atomic E-state index is 13.3. The highest BCUT2D eigenvalue weighted by Crippen LogP contribution is 2.34. The molecule has 0 aromatic heterocycles. The molecular formula is C40H26Cl4N8O12. The number of nitrogens with zero attached hydrogens (tertiary/aromatic N) is 6. The average Bonchev–Trinajstić information content (AvgIpc) is 3.24. The summed E-state index contributed by atoms with van der Waals surface area (Å²) in [5, 5.41) is 41.6. The molecule has 0 heterocycles. The predicted molar refractivity (Wildman–Crippen MR) is 231 cm³/mol. The largest absolute Gasteiger partial charge is 0.423 e. The Kier molecular flexibility index (Phi) is 15.6. The number of esters is 2. The molecule has 0 radical (unpaired) electrons. The molecule has 0 saturated carbocycles. The van der Waals surface area contributed by atoms with Gasteiger partial charge in [-0.2, -0.15) is 20.5 Å². The van der Waals surface area contributed by atoms with Crippen LogP contribution in [0, 0.1) is 20.2 Å². The summed E-state index contributed by atoms with van der Waals surface area (Å²) in [7, 11) is 0. The number of benzene rings is 5. The number of ether oxygens (including phenoxy) is 2. The van der Waals surface area contributed by atoms with Gasteiger partial charge in [0.05, 0.1) is 52.4 Å². The van der Waals surface area contributed by atoms with Crippen LogP contribution in [0.15, 0.2) is 118 Å². The molecule has 2 amide bonds. The van der Waals surface area contributed by atoms with Gasteiger partial charge in [0.25, 0.3) is 23.2 Å². The van der Waals surface area contributed by atoms with Crippen molar-refractivity contribution in [3.05, 3.63) is 149 Å². The summed E-state index contributed by atoms with van der Waals surface area (Å²) >= 11 is 25.3. The molecule has 0 aliphatic carbocycles. The highest BCUT2D eigenvalue weighted by atomic mass is 35.5. The van der Waals surface area contributed by atoms with Gasteiger partial charge in [0.2, 0.25) is 12.1 Å². The smallest absolute Gasteiger partial charge is 0.343 e. The van der Waals surface area contributed by atoms with E-state index in [1.807, 2.05) is 0 Å². The molecule has 326 valence electrons. The summed E-state index contributed by atoms with van der Waals surface area (Å²) in [4.78, 5) is 97.6. The summed E-state index contributed by atoms with van der Waals surface area (Å²) < 4.78 is 10.5. The number of carbonyl (C=O) groups excluding carboxylic acids is 6. The Morgan fingerprint density at radius 2 is 0.875 bits per heavy atom. The number of non-ortho nitro benzene ring substituents is 2. The second kappa shape index (κ2) is 21.0. The molecule has 2 unspecified atom stereocenters. The zero-order valence-corrected chi connectivity index (χ0v) is 35.5. The SMILES string of the molecule is CC(=O)C(N=Nc1cc(C(=O)Oc2ccc([N+](=O)[O-])cc2)ccc1Cl)C(=O)Nc1cc(Cl)c(NC(=O)C(N=Nc2cc(C(=O)Oc3ccc([N+](=O)[O-])cc3)ccc2Cl)C(C)=O)cc1Cl. The Balaban J connectivity index is 1.25. The molecule has 2 N–H and O–H groups in total. The third kappa shape index (κ3) is 12.3. The van der Waals surface area contributed by atoms with Gasteiger partial charge in [-0.1, -0.05) is 46.4 Å². The first-order valence-electron chi connectivity index (χ1n) is 17.8. The fourth-order valence-electron chi connectivity index (χ4n) is 5.05. The third-order valence-electron chi connectivity index (χ3n) is 8.28. The molecule has 64 heavy (non-hydrogen) atoms. The number of nitro groups is 2. The highest BCUT2D eigenvalue weighted by molar-refractivity contribution is 6.38. The van der Waals surface area contributed by atoms with Crippen LogP contribution < -0.4 is 20.1 Å². The molecule has 0 spiro atoms. The number of rotatable bonds is 16. The van der Waals surface area contributed by atoms with Crippen molar-refractivity contribution in [1.82, 2.24) is 0 Å². The second-order valence-corrected chi connectivity index (χ2v) is 14.5. The zero-order valence-electron chi connectivity index (χ0n) is 32.5. The van der Waals surface area contributed by atoms with Crippen LogP contribution in [-0.2, 0) is 19.2 Å². The Labute approximate surface area is 379 Å². The van der Waals surface area contributed by atoms with Crippen LogP contribution in [0.2, 0.25) is 20.1 Å². The molecular weight excluding hydrogens is 926 g/mol. The highest BCUT2D eigenvalue weighted by Gasteiger charge is 2.27. The van der Waals surface area contributed by atoms with Gasteiger partial charge in [-0.15, -0.1) is 0 Å². The van der Waals surface area contributed by atoms with Gasteiger partial charge in [-0.05, 0) is 86.6 Å². The molecule has 0 bridgehead atoms. The number of anilines is 2. The number of amides is 2. The van der Waals surface area contributed by atoms with E-state index < -0.39 is 57.2 Å². The van der Waals surface area contributed by atoms with Crippen LogP contribution in [0.1, 0.15) is 34.6 Å². The molecule has 5 aromatic rings. The minimum atomic E-state index is -1.77. The maximum absolute atomic E-state index is 13.3. The van der Waals surface area contributed by atoms with Crippen molar-refractivity contribution in [2.24, 2.45) is 20.5 Å². The maximum Gasteiger partial charge on any atom is 0.343 e. The number of nitrogens with one attached hydrogen (secondary N) is 2. The third-order valence-corrected chi connectivity index (χ3v) is 9.55. The first-order valence-corrected chi connectivity index (χ1v) is 19.3. The van der Waals surface area contributed by atoms with Crippen molar-refractivity contribution in [3.63, 3.8) is 0 Å². The lowest BCUT2D eigenvalue weighted by Crippen LogP contribution is -2.32. The molecule has 20 nitrogen and oxygen atoms in total. The molecule has 0 fully saturated rings. The number of hydrogen-bond donors (Lipinski definition) is 2. The lowest BCUT2D eigenvalue weighted by molar-refractivity contribution is -0.385. The Hall–Kier alpha value is -7.52. The minimum Gasteiger partial charge on any atom is -0.423 e. The average molecular weight is 953 g/mol. The lowest BCUT2D eigenvalue weighted by atomic mass is 10.2. The Morgan fingerprint density at radius 3 is 1.19 bits per heavy atom. The zero-order chi connectivity index (χ0) is 46.8. The Morgan fingerprint density at radius 1 is 0.531 bits per heavy atom. The minimum absolute atomic E-state index is 0.0107. The van der Waals surface area contributed by atoms with E-state index in [0.717, 1.165) is 50.2 Å². The predicted octanol–water partition coefficient (Wildman–Crippen LogP) is 9.91. The quantitative estimate of drug-likeness (QED) is 0.0233. The molecule has 0 aliphatic heterocycles. The van der Waals surface area contributed by atoms with Crippen LogP contribution >= 0.6 is 46.4 Å². The van der Waals surface area contributed by atoms with Crippen molar-refractivity contribution in [2.75, 3.05) is 10.6 Å². The van der Waals surface area contributed by atoms with Gasteiger partial charge in [-0.25, -0.2) is 9.59 Å². The van der Waals surface area contributed by atoms with E-state index in [-0.39, 0.29) is 76.8 Å². The molecule has 5 aromatic carbocycles. The van der Waals surface area contributed by atoms with E-state index in [1.165, 1.54) is 60.7 Å². The summed E-state index contributed by atoms with van der Waals surface area (Å²) in [6.07, 6.45) is 0. The van der Waals surface area contributed by atoms with E-state index >= 15 is 0 Å². The first-order chi connectivity index (χ1) is 30.3. The van der Waals surface area contributed by atoms with Crippen molar-refractivity contribution < 1.29 is 48.1 Å². The number of hydrogen-bond acceptors (Lipinski definition) is 16. The number of Topliss-reactive ketones (excluding diaryl/α,β-unsaturated/α-hetero) is 2. The number of azo groups is 2. The van der Waals surface area contributed by atoms with Crippen LogP contribution in [0.4, 0.5) is 34.1 Å². The first kappa shape index (κ1) is 47.5.